The van der Waals surface area contributed by atoms with E-state index in [4.69, 9.17) is 10.8 Å². The van der Waals surface area contributed by atoms with Gasteiger partial charge in [-0.1, -0.05) is 90.9 Å². The maximum absolute atomic E-state index is 9.99. The van der Waals surface area contributed by atoms with Crippen molar-refractivity contribution in [3.05, 3.63) is 0 Å². The highest BCUT2D eigenvalue weighted by atomic mass is 16.3. The molecule has 0 aromatic rings. The maximum atomic E-state index is 9.99. The summed E-state index contributed by atoms with van der Waals surface area (Å²) in [7, 11) is 0. The van der Waals surface area contributed by atoms with E-state index in [0.717, 1.165) is 12.8 Å². The lowest BCUT2D eigenvalue weighted by molar-refractivity contribution is 0.0759. The predicted molar refractivity (Wildman–Crippen MR) is 95.9 cm³/mol. The van der Waals surface area contributed by atoms with Crippen LogP contribution in [0, 0.1) is 5.92 Å². The molecule has 0 bridgehead atoms. The standard InChI is InChI=1S/C19H41NO2/c1-3-4-5-6-7-8-9-10-11-12-13-14-15-19(22)17(2)18(20)16-21/h17-19,21-22H,3-16,20H2,1-2H3/t17-,18+,19+/m1/s1. The van der Waals surface area contributed by atoms with E-state index in [2.05, 4.69) is 6.92 Å². The molecule has 4 N–H and O–H groups in total. The zero-order valence-corrected chi connectivity index (χ0v) is 15.1. The third kappa shape index (κ3) is 12.4. The van der Waals surface area contributed by atoms with Gasteiger partial charge in [-0.3, -0.25) is 0 Å². The van der Waals surface area contributed by atoms with Crippen LogP contribution in [-0.4, -0.2) is 29.0 Å². The highest BCUT2D eigenvalue weighted by molar-refractivity contribution is 4.74. The van der Waals surface area contributed by atoms with E-state index in [-0.39, 0.29) is 24.7 Å². The van der Waals surface area contributed by atoms with Crippen molar-refractivity contribution in [2.24, 2.45) is 11.7 Å². The minimum atomic E-state index is -0.370. The van der Waals surface area contributed by atoms with Crippen LogP contribution in [0.25, 0.3) is 0 Å². The molecule has 0 aliphatic carbocycles. The van der Waals surface area contributed by atoms with Crippen LogP contribution < -0.4 is 5.73 Å². The Morgan fingerprint density at radius 3 is 1.59 bits per heavy atom. The molecule has 0 saturated heterocycles. The number of hydrogen-bond donors (Lipinski definition) is 3. The first-order valence-corrected chi connectivity index (χ1v) is 9.68. The molecule has 0 amide bonds. The van der Waals surface area contributed by atoms with Crippen LogP contribution in [0.5, 0.6) is 0 Å². The van der Waals surface area contributed by atoms with Crippen LogP contribution in [0.2, 0.25) is 0 Å². The van der Waals surface area contributed by atoms with E-state index < -0.39 is 0 Å². The Hall–Kier alpha value is -0.120. The second kappa shape index (κ2) is 15.8. The highest BCUT2D eigenvalue weighted by Gasteiger charge is 2.19. The molecule has 0 aliphatic rings. The van der Waals surface area contributed by atoms with Crippen molar-refractivity contribution in [1.82, 2.24) is 0 Å². The SMILES string of the molecule is CCCCCCCCCCCCCC[C@H](O)[C@H](C)[C@@H](N)CO. The Morgan fingerprint density at radius 1 is 0.773 bits per heavy atom. The van der Waals surface area contributed by atoms with Gasteiger partial charge in [0, 0.05) is 6.04 Å². The van der Waals surface area contributed by atoms with Crippen LogP contribution in [0.4, 0.5) is 0 Å². The third-order valence-electron chi connectivity index (χ3n) is 4.85. The molecule has 0 fully saturated rings. The van der Waals surface area contributed by atoms with E-state index in [1.807, 2.05) is 6.92 Å². The zero-order valence-electron chi connectivity index (χ0n) is 15.1. The average Bonchev–Trinajstić information content (AvgIpc) is 2.54. The highest BCUT2D eigenvalue weighted by Crippen LogP contribution is 2.16. The largest absolute Gasteiger partial charge is 0.395 e. The van der Waals surface area contributed by atoms with Gasteiger partial charge in [-0.05, 0) is 12.3 Å². The van der Waals surface area contributed by atoms with Crippen molar-refractivity contribution in [2.45, 2.75) is 109 Å². The first kappa shape index (κ1) is 21.9. The fraction of sp³-hybridized carbons (Fsp3) is 1.00. The van der Waals surface area contributed by atoms with E-state index in [0.29, 0.717) is 0 Å². The molecular weight excluding hydrogens is 274 g/mol. The molecule has 0 heterocycles. The van der Waals surface area contributed by atoms with Crippen LogP contribution in [0.1, 0.15) is 97.3 Å². The summed E-state index contributed by atoms with van der Waals surface area (Å²) in [6.45, 7) is 4.14. The molecule has 0 spiro atoms. The molecule has 0 saturated carbocycles. The lowest BCUT2D eigenvalue weighted by Crippen LogP contribution is -2.38. The van der Waals surface area contributed by atoms with Crippen molar-refractivity contribution in [2.75, 3.05) is 6.61 Å². The van der Waals surface area contributed by atoms with Crippen molar-refractivity contribution < 1.29 is 10.2 Å². The van der Waals surface area contributed by atoms with Crippen molar-refractivity contribution in [1.29, 1.82) is 0 Å². The summed E-state index contributed by atoms with van der Waals surface area (Å²) < 4.78 is 0. The van der Waals surface area contributed by atoms with Gasteiger partial charge in [0.1, 0.15) is 0 Å². The number of nitrogens with two attached hydrogens (primary N) is 1. The summed E-state index contributed by atoms with van der Waals surface area (Å²) in [5.41, 5.74) is 5.74. The van der Waals surface area contributed by atoms with Gasteiger partial charge < -0.3 is 15.9 Å². The predicted octanol–water partition coefficient (Wildman–Crippen LogP) is 4.39. The third-order valence-corrected chi connectivity index (χ3v) is 4.85. The number of unbranched alkanes of at least 4 members (excludes halogenated alkanes) is 11. The van der Waals surface area contributed by atoms with Crippen molar-refractivity contribution in [3.8, 4) is 0 Å². The molecule has 3 heteroatoms. The van der Waals surface area contributed by atoms with Crippen LogP contribution in [0.15, 0.2) is 0 Å². The number of hydrogen-bond acceptors (Lipinski definition) is 3. The van der Waals surface area contributed by atoms with Crippen molar-refractivity contribution >= 4 is 0 Å². The topological polar surface area (TPSA) is 66.5 Å². The molecule has 0 aliphatic heterocycles. The fourth-order valence-corrected chi connectivity index (χ4v) is 2.91. The lowest BCUT2D eigenvalue weighted by atomic mass is 9.93. The number of rotatable bonds is 16. The van der Waals surface area contributed by atoms with Crippen LogP contribution in [-0.2, 0) is 0 Å². The maximum Gasteiger partial charge on any atom is 0.0586 e. The average molecular weight is 316 g/mol. The van der Waals surface area contributed by atoms with E-state index in [1.165, 1.54) is 70.6 Å². The zero-order chi connectivity index (χ0) is 16.6. The molecule has 0 aromatic carbocycles. The summed E-state index contributed by atoms with van der Waals surface area (Å²) in [4.78, 5) is 0. The Balaban J connectivity index is 3.26. The Bertz CT molecular complexity index is 223. The molecule has 0 radical (unpaired) electrons. The van der Waals surface area contributed by atoms with E-state index in [9.17, 15) is 5.11 Å². The molecule has 3 atom stereocenters. The van der Waals surface area contributed by atoms with Gasteiger partial charge >= 0.3 is 0 Å². The van der Waals surface area contributed by atoms with E-state index >= 15 is 0 Å². The molecule has 0 rings (SSSR count). The van der Waals surface area contributed by atoms with Gasteiger partial charge in [-0.15, -0.1) is 0 Å². The van der Waals surface area contributed by atoms with Crippen LogP contribution in [0.3, 0.4) is 0 Å². The second-order valence-corrected chi connectivity index (χ2v) is 6.95. The minimum absolute atomic E-state index is 0.0160. The molecular formula is C19H41NO2. The minimum Gasteiger partial charge on any atom is -0.395 e. The number of aliphatic hydroxyl groups is 2. The van der Waals surface area contributed by atoms with Gasteiger partial charge in [-0.25, -0.2) is 0 Å². The lowest BCUT2D eigenvalue weighted by Gasteiger charge is -2.23. The van der Waals surface area contributed by atoms with Gasteiger partial charge in [0.05, 0.1) is 12.7 Å². The first-order valence-electron chi connectivity index (χ1n) is 9.68. The smallest absolute Gasteiger partial charge is 0.0586 e. The van der Waals surface area contributed by atoms with Crippen LogP contribution >= 0.6 is 0 Å². The summed E-state index contributed by atoms with van der Waals surface area (Å²) in [5.74, 6) is -0.0160. The Kier molecular flexibility index (Phi) is 15.7. The van der Waals surface area contributed by atoms with Gasteiger partial charge in [0.15, 0.2) is 0 Å². The quantitative estimate of drug-likeness (QED) is 0.370. The van der Waals surface area contributed by atoms with Gasteiger partial charge in [0.2, 0.25) is 0 Å². The molecule has 0 unspecified atom stereocenters. The Labute approximate surface area is 138 Å². The summed E-state index contributed by atoms with van der Waals surface area (Å²) in [6.07, 6.45) is 16.4. The molecule has 22 heavy (non-hydrogen) atoms. The van der Waals surface area contributed by atoms with Crippen molar-refractivity contribution in [3.63, 3.8) is 0 Å². The molecule has 0 aromatic heterocycles. The summed E-state index contributed by atoms with van der Waals surface area (Å²) >= 11 is 0. The first-order chi connectivity index (χ1) is 10.6. The monoisotopic (exact) mass is 315 g/mol. The number of aliphatic hydroxyl groups excluding tert-OH is 2. The fourth-order valence-electron chi connectivity index (χ4n) is 2.91. The molecule has 134 valence electrons. The normalized spacial score (nSPS) is 15.7. The van der Waals surface area contributed by atoms with Gasteiger partial charge in [0.25, 0.3) is 0 Å². The summed E-state index contributed by atoms with van der Waals surface area (Å²) in [6, 6.07) is -0.299. The molecule has 3 nitrogen and oxygen atoms in total. The second-order valence-electron chi connectivity index (χ2n) is 6.95. The van der Waals surface area contributed by atoms with E-state index in [1.54, 1.807) is 0 Å². The Morgan fingerprint density at radius 2 is 1.18 bits per heavy atom. The summed E-state index contributed by atoms with van der Waals surface area (Å²) in [5, 5.41) is 19.0. The van der Waals surface area contributed by atoms with Gasteiger partial charge in [-0.2, -0.15) is 0 Å².